The van der Waals surface area contributed by atoms with Gasteiger partial charge in [0.25, 0.3) is 0 Å². The predicted molar refractivity (Wildman–Crippen MR) is 64.3 cm³/mol. The van der Waals surface area contributed by atoms with E-state index in [0.717, 1.165) is 26.2 Å². The first-order valence-corrected chi connectivity index (χ1v) is 6.24. The zero-order valence-electron chi connectivity index (χ0n) is 10.6. The summed E-state index contributed by atoms with van der Waals surface area (Å²) in [7, 11) is 0. The van der Waals surface area contributed by atoms with E-state index < -0.39 is 0 Å². The van der Waals surface area contributed by atoms with E-state index in [2.05, 4.69) is 17.6 Å². The predicted octanol–water partition coefficient (Wildman–Crippen LogP) is 0.916. The van der Waals surface area contributed by atoms with Crippen LogP contribution in [0.3, 0.4) is 0 Å². The van der Waals surface area contributed by atoms with Gasteiger partial charge in [0.1, 0.15) is 0 Å². The van der Waals surface area contributed by atoms with Gasteiger partial charge in [0, 0.05) is 31.0 Å². The fourth-order valence-electron chi connectivity index (χ4n) is 2.08. The lowest BCUT2D eigenvalue weighted by Gasteiger charge is -2.20. The molecule has 4 nitrogen and oxygen atoms in total. The molecule has 3 atom stereocenters. The van der Waals surface area contributed by atoms with Gasteiger partial charge in [-0.05, 0) is 26.8 Å². The maximum atomic E-state index is 11.7. The zero-order chi connectivity index (χ0) is 12.0. The van der Waals surface area contributed by atoms with Crippen LogP contribution in [0.5, 0.6) is 0 Å². The van der Waals surface area contributed by atoms with E-state index in [9.17, 15) is 4.79 Å². The van der Waals surface area contributed by atoms with Gasteiger partial charge in [-0.2, -0.15) is 0 Å². The Balaban J connectivity index is 2.22. The lowest BCUT2D eigenvalue weighted by Crippen LogP contribution is -2.41. The largest absolute Gasteiger partial charge is 0.381 e. The van der Waals surface area contributed by atoms with Crippen molar-refractivity contribution in [3.63, 3.8) is 0 Å². The van der Waals surface area contributed by atoms with E-state index in [-0.39, 0.29) is 18.0 Å². The van der Waals surface area contributed by atoms with Gasteiger partial charge in [-0.25, -0.2) is 0 Å². The number of nitrogens with one attached hydrogen (secondary N) is 2. The third-order valence-electron chi connectivity index (χ3n) is 3.10. The van der Waals surface area contributed by atoms with Crippen molar-refractivity contribution in [1.29, 1.82) is 0 Å². The van der Waals surface area contributed by atoms with Crippen LogP contribution in [-0.2, 0) is 9.53 Å². The minimum Gasteiger partial charge on any atom is -0.381 e. The van der Waals surface area contributed by atoms with Crippen molar-refractivity contribution in [3.05, 3.63) is 0 Å². The summed E-state index contributed by atoms with van der Waals surface area (Å²) >= 11 is 0. The molecule has 0 saturated carbocycles. The topological polar surface area (TPSA) is 50.4 Å². The van der Waals surface area contributed by atoms with Crippen LogP contribution in [0.25, 0.3) is 0 Å². The highest BCUT2D eigenvalue weighted by molar-refractivity contribution is 5.76. The summed E-state index contributed by atoms with van der Waals surface area (Å²) in [5.74, 6) is 0.617. The molecule has 3 unspecified atom stereocenters. The van der Waals surface area contributed by atoms with Crippen molar-refractivity contribution >= 4 is 5.91 Å². The number of carbonyl (C=O) groups is 1. The Kier molecular flexibility index (Phi) is 5.77. The highest BCUT2D eigenvalue weighted by Gasteiger charge is 2.23. The summed E-state index contributed by atoms with van der Waals surface area (Å²) in [6.45, 7) is 8.66. The van der Waals surface area contributed by atoms with Crippen LogP contribution in [0, 0.1) is 5.92 Å². The number of amides is 1. The molecule has 1 aliphatic rings. The molecule has 2 N–H and O–H groups in total. The average molecular weight is 228 g/mol. The van der Waals surface area contributed by atoms with Gasteiger partial charge in [0.15, 0.2) is 0 Å². The van der Waals surface area contributed by atoms with Crippen LogP contribution in [0.15, 0.2) is 0 Å². The third kappa shape index (κ3) is 4.49. The van der Waals surface area contributed by atoms with Crippen molar-refractivity contribution in [2.75, 3.05) is 19.8 Å². The minimum atomic E-state index is 0.132. The molecule has 16 heavy (non-hydrogen) atoms. The fourth-order valence-corrected chi connectivity index (χ4v) is 2.08. The quantitative estimate of drug-likeness (QED) is 0.710. The maximum absolute atomic E-state index is 11.7. The highest BCUT2D eigenvalue weighted by Crippen LogP contribution is 2.16. The van der Waals surface area contributed by atoms with Gasteiger partial charge in [-0.15, -0.1) is 0 Å². The molecule has 4 heteroatoms. The number of hydrogen-bond donors (Lipinski definition) is 2. The van der Waals surface area contributed by atoms with Gasteiger partial charge >= 0.3 is 0 Å². The van der Waals surface area contributed by atoms with Gasteiger partial charge in [0.05, 0.1) is 6.61 Å². The van der Waals surface area contributed by atoms with Crippen molar-refractivity contribution < 1.29 is 9.53 Å². The van der Waals surface area contributed by atoms with Crippen LogP contribution in [0.2, 0.25) is 0 Å². The second-order valence-electron chi connectivity index (χ2n) is 4.64. The zero-order valence-corrected chi connectivity index (χ0v) is 10.6. The summed E-state index contributed by atoms with van der Waals surface area (Å²) in [5, 5.41) is 6.29. The molecule has 0 aromatic rings. The van der Waals surface area contributed by atoms with E-state index in [0.29, 0.717) is 12.3 Å². The molecule has 1 aliphatic heterocycles. The van der Waals surface area contributed by atoms with Crippen molar-refractivity contribution in [3.8, 4) is 0 Å². The molecule has 1 rings (SSSR count). The van der Waals surface area contributed by atoms with E-state index in [1.165, 1.54) is 0 Å². The van der Waals surface area contributed by atoms with E-state index in [1.54, 1.807) is 0 Å². The monoisotopic (exact) mass is 228 g/mol. The smallest absolute Gasteiger partial charge is 0.221 e. The standard InChI is InChI=1S/C12H24N2O2/c1-4-13-9(2)7-12(15)14-10(3)11-5-6-16-8-11/h9-11,13H,4-8H2,1-3H3,(H,14,15). The summed E-state index contributed by atoms with van der Waals surface area (Å²) in [4.78, 5) is 11.7. The summed E-state index contributed by atoms with van der Waals surface area (Å²) in [5.41, 5.74) is 0. The van der Waals surface area contributed by atoms with Crippen molar-refractivity contribution in [2.45, 2.75) is 45.7 Å². The van der Waals surface area contributed by atoms with Crippen LogP contribution in [0.4, 0.5) is 0 Å². The first-order chi connectivity index (χ1) is 7.63. The Labute approximate surface area is 98.1 Å². The highest BCUT2D eigenvalue weighted by atomic mass is 16.5. The van der Waals surface area contributed by atoms with Crippen LogP contribution in [-0.4, -0.2) is 37.7 Å². The minimum absolute atomic E-state index is 0.132. The molecule has 1 fully saturated rings. The normalized spacial score (nSPS) is 24.1. The second-order valence-corrected chi connectivity index (χ2v) is 4.64. The van der Waals surface area contributed by atoms with Crippen LogP contribution < -0.4 is 10.6 Å². The molecule has 0 spiro atoms. The van der Waals surface area contributed by atoms with Crippen molar-refractivity contribution in [2.24, 2.45) is 5.92 Å². The molecule has 0 aromatic carbocycles. The summed E-state index contributed by atoms with van der Waals surface area (Å²) in [6.07, 6.45) is 1.61. The summed E-state index contributed by atoms with van der Waals surface area (Å²) < 4.78 is 5.32. The molecule has 1 amide bonds. The second kappa shape index (κ2) is 6.86. The summed E-state index contributed by atoms with van der Waals surface area (Å²) in [6, 6.07) is 0.473. The van der Waals surface area contributed by atoms with E-state index in [1.807, 2.05) is 13.8 Å². The van der Waals surface area contributed by atoms with Crippen molar-refractivity contribution in [1.82, 2.24) is 10.6 Å². The SMILES string of the molecule is CCNC(C)CC(=O)NC(C)C1CCOC1. The molecule has 0 bridgehead atoms. The molecule has 0 radical (unpaired) electrons. The fraction of sp³-hybridized carbons (Fsp3) is 0.917. The first kappa shape index (κ1) is 13.5. The van der Waals surface area contributed by atoms with Gasteiger partial charge < -0.3 is 15.4 Å². The molecule has 1 saturated heterocycles. The Hall–Kier alpha value is -0.610. The Bertz CT molecular complexity index is 215. The third-order valence-corrected chi connectivity index (χ3v) is 3.10. The van der Waals surface area contributed by atoms with Crippen LogP contribution in [0.1, 0.15) is 33.6 Å². The lowest BCUT2D eigenvalue weighted by atomic mass is 10.0. The molecule has 94 valence electrons. The average Bonchev–Trinajstić information content (AvgIpc) is 2.69. The maximum Gasteiger partial charge on any atom is 0.221 e. The molecule has 1 heterocycles. The Morgan fingerprint density at radius 2 is 2.25 bits per heavy atom. The number of hydrogen-bond acceptors (Lipinski definition) is 3. The number of carbonyl (C=O) groups excluding carboxylic acids is 1. The lowest BCUT2D eigenvalue weighted by molar-refractivity contribution is -0.122. The molecule has 0 aliphatic carbocycles. The van der Waals surface area contributed by atoms with Gasteiger partial charge in [0.2, 0.25) is 5.91 Å². The van der Waals surface area contributed by atoms with E-state index >= 15 is 0 Å². The molecular formula is C12H24N2O2. The van der Waals surface area contributed by atoms with E-state index in [4.69, 9.17) is 4.74 Å². The number of ether oxygens (including phenoxy) is 1. The Morgan fingerprint density at radius 3 is 2.81 bits per heavy atom. The van der Waals surface area contributed by atoms with Gasteiger partial charge in [-0.1, -0.05) is 6.92 Å². The number of rotatable bonds is 6. The Morgan fingerprint density at radius 1 is 1.50 bits per heavy atom. The molecular weight excluding hydrogens is 204 g/mol. The first-order valence-electron chi connectivity index (χ1n) is 6.24. The molecule has 0 aromatic heterocycles. The van der Waals surface area contributed by atoms with Gasteiger partial charge in [-0.3, -0.25) is 4.79 Å². The van der Waals surface area contributed by atoms with Crippen LogP contribution >= 0.6 is 0 Å².